The summed E-state index contributed by atoms with van der Waals surface area (Å²) >= 11 is 0. The number of benzene rings is 1. The molecule has 0 radical (unpaired) electrons. The molecular formula is C21H39IN4O2. The van der Waals surface area contributed by atoms with Gasteiger partial charge in [0.15, 0.2) is 5.96 Å². The molecule has 0 aliphatic rings. The molecule has 2 N–H and O–H groups in total. The molecule has 0 heterocycles. The molecule has 28 heavy (non-hydrogen) atoms. The van der Waals surface area contributed by atoms with E-state index in [0.29, 0.717) is 19.1 Å². The topological polar surface area (TPSA) is 58.1 Å². The van der Waals surface area contributed by atoms with Gasteiger partial charge in [-0.25, -0.2) is 0 Å². The first-order valence-electron chi connectivity index (χ1n) is 9.97. The number of likely N-dealkylation sites (N-methyl/N-ethyl adjacent to an activating group) is 1. The maximum Gasteiger partial charge on any atom is 0.191 e. The third kappa shape index (κ3) is 14.1. The molecule has 1 aromatic rings. The Morgan fingerprint density at radius 2 is 1.93 bits per heavy atom. The molecule has 0 aliphatic heterocycles. The number of hydrogen-bond donors (Lipinski definition) is 2. The second-order valence-corrected chi connectivity index (χ2v) is 6.90. The highest BCUT2D eigenvalue weighted by atomic mass is 127. The van der Waals surface area contributed by atoms with Gasteiger partial charge in [0, 0.05) is 46.4 Å². The highest BCUT2D eigenvalue weighted by molar-refractivity contribution is 14.0. The van der Waals surface area contributed by atoms with Crippen molar-refractivity contribution in [2.24, 2.45) is 10.9 Å². The molecule has 1 atom stereocenters. The van der Waals surface area contributed by atoms with E-state index in [9.17, 15) is 0 Å². The van der Waals surface area contributed by atoms with Gasteiger partial charge in [0.25, 0.3) is 0 Å². The van der Waals surface area contributed by atoms with E-state index in [-0.39, 0.29) is 24.0 Å². The predicted molar refractivity (Wildman–Crippen MR) is 129 cm³/mol. The summed E-state index contributed by atoms with van der Waals surface area (Å²) in [7, 11) is 3.88. The highest BCUT2D eigenvalue weighted by Crippen LogP contribution is 2.03. The summed E-state index contributed by atoms with van der Waals surface area (Å²) in [6.07, 6.45) is 1.06. The Labute approximate surface area is 188 Å². The molecule has 0 amide bonds. The van der Waals surface area contributed by atoms with E-state index in [2.05, 4.69) is 53.6 Å². The van der Waals surface area contributed by atoms with Gasteiger partial charge < -0.3 is 25.0 Å². The maximum absolute atomic E-state index is 5.81. The monoisotopic (exact) mass is 506 g/mol. The standard InChI is InChI=1S/C21H38N4O2.HI/c1-5-22-21(23-12-14-25(3)13-9-15-26-4)24-16-19(2)17-27-18-20-10-7-6-8-11-20;/h6-8,10-11,19H,5,9,12-18H2,1-4H3,(H2,22,23,24);1H. The lowest BCUT2D eigenvalue weighted by molar-refractivity contribution is 0.0945. The Bertz CT molecular complexity index is 502. The van der Waals surface area contributed by atoms with E-state index in [1.807, 2.05) is 18.2 Å². The van der Waals surface area contributed by atoms with E-state index in [0.717, 1.165) is 51.7 Å². The lowest BCUT2D eigenvalue weighted by atomic mass is 10.2. The lowest BCUT2D eigenvalue weighted by Gasteiger charge is -2.18. The third-order valence-corrected chi connectivity index (χ3v) is 4.09. The number of guanidine groups is 1. The van der Waals surface area contributed by atoms with Crippen molar-refractivity contribution in [1.29, 1.82) is 0 Å². The van der Waals surface area contributed by atoms with Crippen LogP contribution >= 0.6 is 24.0 Å². The van der Waals surface area contributed by atoms with Crippen LogP contribution in [-0.4, -0.2) is 71.0 Å². The van der Waals surface area contributed by atoms with Crippen LogP contribution in [0.25, 0.3) is 0 Å². The first-order valence-corrected chi connectivity index (χ1v) is 9.97. The first-order chi connectivity index (χ1) is 13.2. The number of ether oxygens (including phenoxy) is 2. The predicted octanol–water partition coefficient (Wildman–Crippen LogP) is 2.98. The molecule has 0 aromatic heterocycles. The zero-order valence-electron chi connectivity index (χ0n) is 17.9. The zero-order chi connectivity index (χ0) is 19.7. The van der Waals surface area contributed by atoms with Gasteiger partial charge in [-0.3, -0.25) is 4.99 Å². The summed E-state index contributed by atoms with van der Waals surface area (Å²) in [5, 5.41) is 6.71. The Hall–Kier alpha value is -0.900. The van der Waals surface area contributed by atoms with Crippen LogP contribution < -0.4 is 10.6 Å². The van der Waals surface area contributed by atoms with Crippen molar-refractivity contribution in [1.82, 2.24) is 15.5 Å². The minimum atomic E-state index is 0. The zero-order valence-corrected chi connectivity index (χ0v) is 20.3. The van der Waals surface area contributed by atoms with Crippen molar-refractivity contribution >= 4 is 29.9 Å². The van der Waals surface area contributed by atoms with Crippen molar-refractivity contribution in [2.45, 2.75) is 26.9 Å². The normalized spacial score (nSPS) is 12.5. The van der Waals surface area contributed by atoms with Gasteiger partial charge in [-0.05, 0) is 31.9 Å². The Balaban J connectivity index is 0.00000729. The van der Waals surface area contributed by atoms with Gasteiger partial charge in [-0.1, -0.05) is 37.3 Å². The number of nitrogens with zero attached hydrogens (tertiary/aromatic N) is 2. The lowest BCUT2D eigenvalue weighted by Crippen LogP contribution is -2.41. The molecule has 7 heteroatoms. The summed E-state index contributed by atoms with van der Waals surface area (Å²) in [6.45, 7) is 10.9. The summed E-state index contributed by atoms with van der Waals surface area (Å²) in [4.78, 5) is 6.99. The fourth-order valence-electron chi connectivity index (χ4n) is 2.55. The number of rotatable bonds is 14. The van der Waals surface area contributed by atoms with Crippen LogP contribution in [0.15, 0.2) is 35.3 Å². The SMILES string of the molecule is CCNC(=NCC(C)COCc1ccccc1)NCCN(C)CCCOC.I. The average molecular weight is 506 g/mol. The van der Waals surface area contributed by atoms with Crippen LogP contribution in [0.3, 0.4) is 0 Å². The molecule has 1 unspecified atom stereocenters. The van der Waals surface area contributed by atoms with E-state index < -0.39 is 0 Å². The maximum atomic E-state index is 5.81. The summed E-state index contributed by atoms with van der Waals surface area (Å²) < 4.78 is 10.9. The van der Waals surface area contributed by atoms with Crippen molar-refractivity contribution < 1.29 is 9.47 Å². The van der Waals surface area contributed by atoms with Gasteiger partial charge in [0.2, 0.25) is 0 Å². The van der Waals surface area contributed by atoms with Gasteiger partial charge >= 0.3 is 0 Å². The number of nitrogens with one attached hydrogen (secondary N) is 2. The smallest absolute Gasteiger partial charge is 0.191 e. The molecule has 0 bridgehead atoms. The number of hydrogen-bond acceptors (Lipinski definition) is 4. The molecule has 0 spiro atoms. The van der Waals surface area contributed by atoms with E-state index in [4.69, 9.17) is 9.47 Å². The van der Waals surface area contributed by atoms with Gasteiger partial charge in [-0.15, -0.1) is 24.0 Å². The van der Waals surface area contributed by atoms with Crippen LogP contribution in [0.1, 0.15) is 25.8 Å². The molecular weight excluding hydrogens is 467 g/mol. The third-order valence-electron chi connectivity index (χ3n) is 4.09. The quantitative estimate of drug-likeness (QED) is 0.176. The van der Waals surface area contributed by atoms with Crippen molar-refractivity contribution in [3.05, 3.63) is 35.9 Å². The first kappa shape index (κ1) is 27.1. The Morgan fingerprint density at radius 3 is 2.61 bits per heavy atom. The minimum Gasteiger partial charge on any atom is -0.385 e. The fourth-order valence-corrected chi connectivity index (χ4v) is 2.55. The summed E-state index contributed by atoms with van der Waals surface area (Å²) in [6, 6.07) is 10.3. The van der Waals surface area contributed by atoms with Crippen molar-refractivity contribution in [3.8, 4) is 0 Å². The van der Waals surface area contributed by atoms with Gasteiger partial charge in [-0.2, -0.15) is 0 Å². The Kier molecular flexibility index (Phi) is 17.6. The van der Waals surface area contributed by atoms with Crippen LogP contribution in [0, 0.1) is 5.92 Å². The molecule has 162 valence electrons. The van der Waals surface area contributed by atoms with Crippen molar-refractivity contribution in [2.75, 3.05) is 60.1 Å². The second-order valence-electron chi connectivity index (χ2n) is 6.90. The van der Waals surface area contributed by atoms with Crippen LogP contribution in [0.5, 0.6) is 0 Å². The highest BCUT2D eigenvalue weighted by Gasteiger charge is 2.04. The molecule has 0 saturated carbocycles. The summed E-state index contributed by atoms with van der Waals surface area (Å²) in [5.74, 6) is 1.25. The van der Waals surface area contributed by atoms with Gasteiger partial charge in [0.1, 0.15) is 0 Å². The minimum absolute atomic E-state index is 0. The average Bonchev–Trinajstić information content (AvgIpc) is 2.67. The van der Waals surface area contributed by atoms with Gasteiger partial charge in [0.05, 0.1) is 13.2 Å². The fraction of sp³-hybridized carbons (Fsp3) is 0.667. The van der Waals surface area contributed by atoms with Crippen molar-refractivity contribution in [3.63, 3.8) is 0 Å². The molecule has 0 saturated heterocycles. The van der Waals surface area contributed by atoms with Crippen LogP contribution in [0.4, 0.5) is 0 Å². The summed E-state index contributed by atoms with van der Waals surface area (Å²) in [5.41, 5.74) is 1.21. The number of methoxy groups -OCH3 is 1. The van der Waals surface area contributed by atoms with E-state index in [1.54, 1.807) is 7.11 Å². The molecule has 6 nitrogen and oxygen atoms in total. The molecule has 0 fully saturated rings. The van der Waals surface area contributed by atoms with E-state index in [1.165, 1.54) is 5.56 Å². The van der Waals surface area contributed by atoms with Crippen LogP contribution in [0.2, 0.25) is 0 Å². The molecule has 1 aromatic carbocycles. The van der Waals surface area contributed by atoms with E-state index >= 15 is 0 Å². The number of halogens is 1. The largest absolute Gasteiger partial charge is 0.385 e. The van der Waals surface area contributed by atoms with Crippen LogP contribution in [-0.2, 0) is 16.1 Å². The molecule has 1 rings (SSSR count). The number of aliphatic imine (C=N–C) groups is 1. The molecule has 0 aliphatic carbocycles. The second kappa shape index (κ2) is 18.1. The Morgan fingerprint density at radius 1 is 1.18 bits per heavy atom.